The number of aromatic nitrogens is 4. The monoisotopic (exact) mass is 264 g/mol. The van der Waals surface area contributed by atoms with Crippen molar-refractivity contribution in [2.45, 2.75) is 13.5 Å². The molecule has 0 amide bonds. The van der Waals surface area contributed by atoms with Gasteiger partial charge in [-0.3, -0.25) is 9.48 Å². The Kier molecular flexibility index (Phi) is 3.62. The lowest BCUT2D eigenvalue weighted by Crippen LogP contribution is -2.03. The normalized spacial score (nSPS) is 11.3. The van der Waals surface area contributed by atoms with Crippen molar-refractivity contribution in [2.75, 3.05) is 0 Å². The third kappa shape index (κ3) is 2.36. The van der Waals surface area contributed by atoms with Gasteiger partial charge >= 0.3 is 0 Å². The molecule has 0 unspecified atom stereocenters. The SMILES string of the molecule is CCn1nccc1/C=C/C(=O)c1cnc(Cl)n1C. The third-order valence-corrected chi connectivity index (χ3v) is 2.99. The van der Waals surface area contributed by atoms with Crippen LogP contribution >= 0.6 is 11.6 Å². The summed E-state index contributed by atoms with van der Waals surface area (Å²) in [6.07, 6.45) is 6.40. The molecule has 0 aliphatic rings. The molecule has 0 bridgehead atoms. The van der Waals surface area contributed by atoms with Crippen molar-refractivity contribution in [2.24, 2.45) is 7.05 Å². The first kappa shape index (κ1) is 12.6. The van der Waals surface area contributed by atoms with Crippen LogP contribution in [0.1, 0.15) is 23.1 Å². The van der Waals surface area contributed by atoms with Crippen molar-refractivity contribution in [3.63, 3.8) is 0 Å². The summed E-state index contributed by atoms with van der Waals surface area (Å²) in [5.74, 6) is -0.138. The van der Waals surface area contributed by atoms with Gasteiger partial charge in [-0.2, -0.15) is 5.10 Å². The van der Waals surface area contributed by atoms with Crippen molar-refractivity contribution in [1.29, 1.82) is 0 Å². The molecule has 5 nitrogen and oxygen atoms in total. The van der Waals surface area contributed by atoms with Gasteiger partial charge in [-0.15, -0.1) is 0 Å². The van der Waals surface area contributed by atoms with Crippen molar-refractivity contribution >= 4 is 23.5 Å². The number of carbonyl (C=O) groups is 1. The van der Waals surface area contributed by atoms with Crippen molar-refractivity contribution in [3.05, 3.63) is 41.2 Å². The highest BCUT2D eigenvalue weighted by Gasteiger charge is 2.10. The topological polar surface area (TPSA) is 52.7 Å². The van der Waals surface area contributed by atoms with Gasteiger partial charge in [0, 0.05) is 19.8 Å². The number of halogens is 1. The van der Waals surface area contributed by atoms with Crippen molar-refractivity contribution in [3.8, 4) is 0 Å². The summed E-state index contributed by atoms with van der Waals surface area (Å²) in [7, 11) is 1.70. The molecule has 0 aliphatic heterocycles. The molecule has 18 heavy (non-hydrogen) atoms. The summed E-state index contributed by atoms with van der Waals surface area (Å²) in [6, 6.07) is 1.85. The molecule has 6 heteroatoms. The summed E-state index contributed by atoms with van der Waals surface area (Å²) in [5.41, 5.74) is 1.35. The first-order valence-electron chi connectivity index (χ1n) is 5.55. The van der Waals surface area contributed by atoms with Crippen LogP contribution in [0.2, 0.25) is 5.28 Å². The van der Waals surface area contributed by atoms with Crippen LogP contribution in [0.25, 0.3) is 6.08 Å². The molecule has 0 radical (unpaired) electrons. The maximum atomic E-state index is 11.9. The Hall–Kier alpha value is -1.88. The van der Waals surface area contributed by atoms with Gasteiger partial charge in [0.1, 0.15) is 5.69 Å². The second-order valence-corrected chi connectivity index (χ2v) is 4.08. The van der Waals surface area contributed by atoms with Gasteiger partial charge in [-0.25, -0.2) is 4.98 Å². The fraction of sp³-hybridized carbons (Fsp3) is 0.250. The third-order valence-electron chi connectivity index (χ3n) is 2.64. The number of nitrogens with zero attached hydrogens (tertiary/aromatic N) is 4. The molecule has 0 spiro atoms. The zero-order chi connectivity index (χ0) is 13.1. The predicted molar refractivity (Wildman–Crippen MR) is 69.5 cm³/mol. The quantitative estimate of drug-likeness (QED) is 0.628. The van der Waals surface area contributed by atoms with E-state index < -0.39 is 0 Å². The Labute approximate surface area is 110 Å². The van der Waals surface area contributed by atoms with E-state index in [0.29, 0.717) is 11.0 Å². The van der Waals surface area contributed by atoms with Gasteiger partial charge in [0.05, 0.1) is 11.9 Å². The predicted octanol–water partition coefficient (Wildman–Crippen LogP) is 2.19. The number of ketones is 1. The minimum absolute atomic E-state index is 0.138. The van der Waals surface area contributed by atoms with E-state index in [2.05, 4.69) is 10.1 Å². The molecule has 2 aromatic rings. The fourth-order valence-electron chi connectivity index (χ4n) is 1.61. The van der Waals surface area contributed by atoms with Crippen LogP contribution in [0.4, 0.5) is 0 Å². The van der Waals surface area contributed by atoms with E-state index in [9.17, 15) is 4.79 Å². The molecule has 0 aromatic carbocycles. The Morgan fingerprint density at radius 2 is 2.33 bits per heavy atom. The molecule has 0 fully saturated rings. The summed E-state index contributed by atoms with van der Waals surface area (Å²) in [6.45, 7) is 2.76. The molecule has 2 heterocycles. The molecule has 0 N–H and O–H groups in total. The smallest absolute Gasteiger partial charge is 0.203 e. The zero-order valence-electron chi connectivity index (χ0n) is 10.2. The van der Waals surface area contributed by atoms with E-state index in [0.717, 1.165) is 12.2 Å². The molecular formula is C12H13ClN4O. The molecule has 0 saturated carbocycles. The standard InChI is InChI=1S/C12H13ClN4O/c1-3-17-9(6-7-15-17)4-5-11(18)10-8-14-12(13)16(10)2/h4-8H,3H2,1-2H3/b5-4+. The van der Waals surface area contributed by atoms with Crippen molar-refractivity contribution in [1.82, 2.24) is 19.3 Å². The van der Waals surface area contributed by atoms with Gasteiger partial charge in [0.15, 0.2) is 0 Å². The van der Waals surface area contributed by atoms with E-state index in [1.807, 2.05) is 13.0 Å². The van der Waals surface area contributed by atoms with Crippen LogP contribution < -0.4 is 0 Å². The van der Waals surface area contributed by atoms with E-state index in [1.54, 1.807) is 28.6 Å². The number of aryl methyl sites for hydroxylation is 1. The second-order valence-electron chi connectivity index (χ2n) is 3.74. The Balaban J connectivity index is 2.19. The van der Waals surface area contributed by atoms with Gasteiger partial charge in [0.2, 0.25) is 11.1 Å². The summed E-state index contributed by atoms with van der Waals surface area (Å²) >= 11 is 5.78. The molecule has 0 atom stereocenters. The second kappa shape index (κ2) is 5.18. The van der Waals surface area contributed by atoms with Crippen molar-refractivity contribution < 1.29 is 4.79 Å². The first-order chi connectivity index (χ1) is 8.63. The minimum atomic E-state index is -0.138. The van der Waals surface area contributed by atoms with Crippen LogP contribution in [-0.4, -0.2) is 25.1 Å². The highest BCUT2D eigenvalue weighted by Crippen LogP contribution is 2.10. The van der Waals surface area contributed by atoms with Crippen LogP contribution in [0.5, 0.6) is 0 Å². The molecular weight excluding hydrogens is 252 g/mol. The number of hydrogen-bond acceptors (Lipinski definition) is 3. The number of rotatable bonds is 4. The van der Waals surface area contributed by atoms with Crippen LogP contribution in [0.3, 0.4) is 0 Å². The Morgan fingerprint density at radius 1 is 1.56 bits per heavy atom. The molecule has 2 aromatic heterocycles. The maximum absolute atomic E-state index is 11.9. The number of hydrogen-bond donors (Lipinski definition) is 0. The zero-order valence-corrected chi connectivity index (χ0v) is 10.9. The average molecular weight is 265 g/mol. The van der Waals surface area contributed by atoms with E-state index >= 15 is 0 Å². The van der Waals surface area contributed by atoms with E-state index in [4.69, 9.17) is 11.6 Å². The lowest BCUT2D eigenvalue weighted by atomic mass is 10.2. The summed E-state index contributed by atoms with van der Waals surface area (Å²) < 4.78 is 3.35. The number of carbonyl (C=O) groups excluding carboxylic acids is 1. The van der Waals surface area contributed by atoms with E-state index in [1.165, 1.54) is 12.3 Å². The molecule has 0 saturated heterocycles. The average Bonchev–Trinajstić information content (AvgIpc) is 2.94. The lowest BCUT2D eigenvalue weighted by molar-refractivity contribution is 0.104. The fourth-order valence-corrected chi connectivity index (χ4v) is 1.75. The summed E-state index contributed by atoms with van der Waals surface area (Å²) in [4.78, 5) is 15.8. The van der Waals surface area contributed by atoms with Gasteiger partial charge in [-0.05, 0) is 36.7 Å². The van der Waals surface area contributed by atoms with Crippen LogP contribution in [0.15, 0.2) is 24.5 Å². The van der Waals surface area contributed by atoms with Crippen LogP contribution in [-0.2, 0) is 13.6 Å². The highest BCUT2D eigenvalue weighted by atomic mass is 35.5. The van der Waals surface area contributed by atoms with Crippen LogP contribution in [0, 0.1) is 0 Å². The Bertz CT molecular complexity index is 597. The largest absolute Gasteiger partial charge is 0.315 e. The molecule has 0 aliphatic carbocycles. The highest BCUT2D eigenvalue weighted by molar-refractivity contribution is 6.28. The van der Waals surface area contributed by atoms with E-state index in [-0.39, 0.29) is 5.78 Å². The summed E-state index contributed by atoms with van der Waals surface area (Å²) in [5, 5.41) is 4.42. The molecule has 94 valence electrons. The molecule has 2 rings (SSSR count). The number of imidazole rings is 1. The lowest BCUT2D eigenvalue weighted by Gasteiger charge is -1.99. The minimum Gasteiger partial charge on any atom is -0.315 e. The first-order valence-corrected chi connectivity index (χ1v) is 5.92. The van der Waals surface area contributed by atoms with Gasteiger partial charge in [-0.1, -0.05) is 0 Å². The van der Waals surface area contributed by atoms with Gasteiger partial charge < -0.3 is 4.57 Å². The number of allylic oxidation sites excluding steroid dienone is 1. The maximum Gasteiger partial charge on any atom is 0.203 e. The Morgan fingerprint density at radius 3 is 2.94 bits per heavy atom. The van der Waals surface area contributed by atoms with Gasteiger partial charge in [0.25, 0.3) is 0 Å².